The molecular formula is C18H12N2S2. The highest BCUT2D eigenvalue weighted by molar-refractivity contribution is 8.08. The third kappa shape index (κ3) is 2.51. The van der Waals surface area contributed by atoms with Crippen LogP contribution in [0.3, 0.4) is 0 Å². The van der Waals surface area contributed by atoms with Crippen LogP contribution in [0.5, 0.6) is 0 Å². The molecule has 4 heteroatoms. The van der Waals surface area contributed by atoms with Gasteiger partial charge in [0.25, 0.3) is 0 Å². The summed E-state index contributed by atoms with van der Waals surface area (Å²) < 4.78 is 0. The van der Waals surface area contributed by atoms with Crippen LogP contribution in [0, 0.1) is 0 Å². The monoisotopic (exact) mass is 320 g/mol. The molecule has 3 aromatic rings. The van der Waals surface area contributed by atoms with Gasteiger partial charge in [0, 0.05) is 28.4 Å². The Morgan fingerprint density at radius 1 is 0.864 bits per heavy atom. The van der Waals surface area contributed by atoms with Gasteiger partial charge in [-0.3, -0.25) is 4.99 Å². The summed E-state index contributed by atoms with van der Waals surface area (Å²) in [5.41, 5.74) is 3.20. The summed E-state index contributed by atoms with van der Waals surface area (Å²) in [6, 6.07) is 18.5. The van der Waals surface area contributed by atoms with Gasteiger partial charge in [-0.2, -0.15) is 0 Å². The zero-order chi connectivity index (χ0) is 14.8. The van der Waals surface area contributed by atoms with Gasteiger partial charge in [0.15, 0.2) is 0 Å². The number of aromatic nitrogens is 1. The molecule has 1 aliphatic rings. The number of benzene rings is 1. The first kappa shape index (κ1) is 13.5. The van der Waals surface area contributed by atoms with Crippen LogP contribution in [-0.2, 0) is 0 Å². The van der Waals surface area contributed by atoms with Crippen LogP contribution in [0.25, 0.3) is 10.6 Å². The van der Waals surface area contributed by atoms with Gasteiger partial charge in [-0.25, -0.2) is 4.98 Å². The van der Waals surface area contributed by atoms with E-state index in [1.54, 1.807) is 23.1 Å². The van der Waals surface area contributed by atoms with Gasteiger partial charge >= 0.3 is 0 Å². The molecule has 106 valence electrons. The van der Waals surface area contributed by atoms with Gasteiger partial charge in [-0.05, 0) is 23.6 Å². The lowest BCUT2D eigenvalue weighted by Gasteiger charge is -2.09. The lowest BCUT2D eigenvalue weighted by atomic mass is 10.1. The molecule has 2 nitrogen and oxygen atoms in total. The maximum atomic E-state index is 4.77. The fourth-order valence-electron chi connectivity index (χ4n) is 2.30. The van der Waals surface area contributed by atoms with Gasteiger partial charge in [0.05, 0.1) is 10.6 Å². The number of thioether (sulfide) groups is 1. The summed E-state index contributed by atoms with van der Waals surface area (Å²) in [7, 11) is 0. The average Bonchev–Trinajstić information content (AvgIpc) is 3.03. The van der Waals surface area contributed by atoms with E-state index in [-0.39, 0.29) is 0 Å². The molecule has 4 rings (SSSR count). The number of nitrogens with zero attached hydrogens (tertiary/aromatic N) is 2. The number of aliphatic imine (C=N–C) groups is 1. The molecule has 0 saturated heterocycles. The maximum absolute atomic E-state index is 4.77. The van der Waals surface area contributed by atoms with Crippen molar-refractivity contribution >= 4 is 39.9 Å². The molecule has 0 unspecified atom stereocenters. The quantitative estimate of drug-likeness (QED) is 0.649. The molecule has 0 spiro atoms. The van der Waals surface area contributed by atoms with Gasteiger partial charge in [0.2, 0.25) is 0 Å². The molecule has 0 amide bonds. The molecule has 0 atom stereocenters. The van der Waals surface area contributed by atoms with E-state index in [1.165, 1.54) is 4.88 Å². The molecule has 0 bridgehead atoms. The van der Waals surface area contributed by atoms with E-state index in [9.17, 15) is 0 Å². The van der Waals surface area contributed by atoms with Crippen LogP contribution in [0.1, 0.15) is 16.0 Å². The molecule has 3 heterocycles. The Kier molecular flexibility index (Phi) is 3.62. The van der Waals surface area contributed by atoms with Crippen LogP contribution in [0.4, 0.5) is 0 Å². The summed E-state index contributed by atoms with van der Waals surface area (Å²) in [5.74, 6) is 0. The number of thiophene rings is 1. The highest BCUT2D eigenvalue weighted by atomic mass is 32.2. The minimum Gasteiger partial charge on any atom is -0.254 e. The van der Waals surface area contributed by atoms with Crippen molar-refractivity contribution in [1.29, 1.82) is 0 Å². The Labute approximate surface area is 137 Å². The Morgan fingerprint density at radius 2 is 1.77 bits per heavy atom. The molecule has 0 aliphatic carbocycles. The third-order valence-corrected chi connectivity index (χ3v) is 5.51. The zero-order valence-electron chi connectivity index (χ0n) is 11.6. The zero-order valence-corrected chi connectivity index (χ0v) is 13.3. The van der Waals surface area contributed by atoms with Crippen molar-refractivity contribution in [3.8, 4) is 0 Å². The van der Waals surface area contributed by atoms with Crippen molar-refractivity contribution in [2.75, 3.05) is 0 Å². The number of pyridine rings is 1. The van der Waals surface area contributed by atoms with E-state index < -0.39 is 0 Å². The number of fused-ring (bicyclic) bond motifs is 1. The van der Waals surface area contributed by atoms with Gasteiger partial charge in [0.1, 0.15) is 5.03 Å². The fraction of sp³-hybridized carbons (Fsp3) is 0. The van der Waals surface area contributed by atoms with Crippen LogP contribution in [0.15, 0.2) is 76.2 Å². The van der Waals surface area contributed by atoms with E-state index >= 15 is 0 Å². The Hall–Kier alpha value is -2.17. The second-order valence-electron chi connectivity index (χ2n) is 4.78. The minimum absolute atomic E-state index is 1.00. The molecule has 0 N–H and O–H groups in total. The van der Waals surface area contributed by atoms with Crippen molar-refractivity contribution < 1.29 is 0 Å². The maximum Gasteiger partial charge on any atom is 0.110 e. The highest BCUT2D eigenvalue weighted by Gasteiger charge is 2.18. The highest BCUT2D eigenvalue weighted by Crippen LogP contribution is 2.43. The van der Waals surface area contributed by atoms with Crippen LogP contribution >= 0.6 is 23.1 Å². The van der Waals surface area contributed by atoms with E-state index in [2.05, 4.69) is 40.7 Å². The Balaban J connectivity index is 1.93. The number of rotatable bonds is 2. The van der Waals surface area contributed by atoms with Crippen LogP contribution in [-0.4, -0.2) is 11.2 Å². The van der Waals surface area contributed by atoms with Crippen molar-refractivity contribution in [1.82, 2.24) is 4.98 Å². The first-order chi connectivity index (χ1) is 10.9. The first-order valence-electron chi connectivity index (χ1n) is 6.92. The van der Waals surface area contributed by atoms with Crippen molar-refractivity contribution in [3.63, 3.8) is 0 Å². The van der Waals surface area contributed by atoms with E-state index in [0.717, 1.165) is 26.8 Å². The predicted octanol–water partition coefficient (Wildman–Crippen LogP) is 5.19. The summed E-state index contributed by atoms with van der Waals surface area (Å²) >= 11 is 3.42. The molecule has 1 aromatic carbocycles. The summed E-state index contributed by atoms with van der Waals surface area (Å²) in [4.78, 5) is 11.7. The predicted molar refractivity (Wildman–Crippen MR) is 95.3 cm³/mol. The van der Waals surface area contributed by atoms with Crippen molar-refractivity contribution in [3.05, 3.63) is 82.2 Å². The van der Waals surface area contributed by atoms with Crippen LogP contribution in [0.2, 0.25) is 0 Å². The summed E-state index contributed by atoms with van der Waals surface area (Å²) in [5, 5.41) is 3.10. The molecule has 0 saturated carbocycles. The normalized spacial score (nSPS) is 13.8. The second-order valence-corrected chi connectivity index (χ2v) is 6.73. The van der Waals surface area contributed by atoms with Gasteiger partial charge < -0.3 is 0 Å². The van der Waals surface area contributed by atoms with E-state index in [4.69, 9.17) is 4.99 Å². The third-order valence-electron chi connectivity index (χ3n) is 3.34. The molecule has 2 aromatic heterocycles. The smallest absolute Gasteiger partial charge is 0.110 e. The lowest BCUT2D eigenvalue weighted by molar-refractivity contribution is 1.13. The first-order valence-corrected chi connectivity index (χ1v) is 8.62. The molecule has 0 radical (unpaired) electrons. The number of hydrogen-bond donors (Lipinski definition) is 0. The lowest BCUT2D eigenvalue weighted by Crippen LogP contribution is -1.87. The largest absolute Gasteiger partial charge is 0.254 e. The molecular weight excluding hydrogens is 308 g/mol. The van der Waals surface area contributed by atoms with Gasteiger partial charge in [-0.1, -0.05) is 48.2 Å². The van der Waals surface area contributed by atoms with Crippen LogP contribution < -0.4 is 0 Å². The molecule has 0 fully saturated rings. The Morgan fingerprint density at radius 3 is 2.59 bits per heavy atom. The Bertz CT molecular complexity index is 850. The number of hydrogen-bond acceptors (Lipinski definition) is 4. The van der Waals surface area contributed by atoms with Gasteiger partial charge in [-0.15, -0.1) is 11.3 Å². The minimum atomic E-state index is 1.00. The topological polar surface area (TPSA) is 25.2 Å². The second kappa shape index (κ2) is 5.91. The standard InChI is InChI=1S/C18H12N2S2/c1-2-6-13(7-3-1)16-17(15-9-5-11-21-15)22-18-14(12-20-16)8-4-10-19-18/h1-12H. The fourth-order valence-corrected chi connectivity index (χ4v) is 4.22. The average molecular weight is 320 g/mol. The molecule has 1 aliphatic heterocycles. The van der Waals surface area contributed by atoms with Crippen molar-refractivity contribution in [2.24, 2.45) is 4.99 Å². The summed E-state index contributed by atoms with van der Waals surface area (Å²) in [6.45, 7) is 0. The van der Waals surface area contributed by atoms with E-state index in [0.29, 0.717) is 0 Å². The van der Waals surface area contributed by atoms with Crippen molar-refractivity contribution in [2.45, 2.75) is 5.03 Å². The molecule has 22 heavy (non-hydrogen) atoms. The van der Waals surface area contributed by atoms with E-state index in [1.807, 2.05) is 36.7 Å². The summed E-state index contributed by atoms with van der Waals surface area (Å²) in [6.07, 6.45) is 3.75. The SMILES string of the molecule is C1=NC(c2ccccc2)=C(c2cccs2)Sc2ncccc21.